The maximum absolute atomic E-state index is 12.5. The number of aliphatic carboxylic acids is 1. The van der Waals surface area contributed by atoms with Crippen LogP contribution in [0.3, 0.4) is 0 Å². The van der Waals surface area contributed by atoms with Gasteiger partial charge in [0, 0.05) is 29.7 Å². The Kier molecular flexibility index (Phi) is 6.33. The average molecular weight is 358 g/mol. The number of hydrogen-bond donors (Lipinski definition) is 2. The van der Waals surface area contributed by atoms with Crippen molar-refractivity contribution in [3.05, 3.63) is 28.8 Å². The molecule has 23 heavy (non-hydrogen) atoms. The van der Waals surface area contributed by atoms with Crippen molar-refractivity contribution in [3.8, 4) is 0 Å². The molecule has 5 nitrogen and oxygen atoms in total. The van der Waals surface area contributed by atoms with Crippen molar-refractivity contribution >= 4 is 35.2 Å². The second-order valence-corrected chi connectivity index (χ2v) is 7.20. The molecule has 1 heterocycles. The summed E-state index contributed by atoms with van der Waals surface area (Å²) in [7, 11) is 0. The number of nitrogens with one attached hydrogen (secondary N) is 1. The van der Waals surface area contributed by atoms with Crippen LogP contribution in [0.1, 0.15) is 30.1 Å². The molecule has 0 radical (unpaired) electrons. The fraction of sp³-hybridized carbons (Fsp3) is 0.500. The maximum Gasteiger partial charge on any atom is 0.311 e. The van der Waals surface area contributed by atoms with Crippen LogP contribution >= 0.6 is 23.4 Å². The standard InChI is InChI=1S/C16H20ClNO4S/c1-2-23-13-9-11(17)3-4-12(13)14(19)18-10-16(15(20)21)5-7-22-8-6-16/h3-4,9H,2,5-8,10H2,1H3,(H,18,19)(H,20,21). The number of ether oxygens (including phenoxy) is 1. The highest BCUT2D eigenvalue weighted by atomic mass is 35.5. The predicted molar refractivity (Wildman–Crippen MR) is 90.3 cm³/mol. The van der Waals surface area contributed by atoms with E-state index in [0.717, 1.165) is 10.6 Å². The van der Waals surface area contributed by atoms with E-state index < -0.39 is 11.4 Å². The van der Waals surface area contributed by atoms with E-state index in [0.29, 0.717) is 36.6 Å². The van der Waals surface area contributed by atoms with Crippen molar-refractivity contribution in [2.75, 3.05) is 25.5 Å². The van der Waals surface area contributed by atoms with Crippen LogP contribution in [-0.4, -0.2) is 42.5 Å². The highest BCUT2D eigenvalue weighted by Gasteiger charge is 2.40. The molecule has 0 atom stereocenters. The van der Waals surface area contributed by atoms with Gasteiger partial charge in [-0.05, 0) is 36.8 Å². The molecule has 1 aromatic carbocycles. The number of benzene rings is 1. The summed E-state index contributed by atoms with van der Waals surface area (Å²) in [5.74, 6) is -0.345. The first-order valence-electron chi connectivity index (χ1n) is 7.50. The zero-order chi connectivity index (χ0) is 16.9. The van der Waals surface area contributed by atoms with E-state index in [1.807, 2.05) is 6.92 Å². The van der Waals surface area contributed by atoms with Gasteiger partial charge in [0.2, 0.25) is 0 Å². The third-order valence-electron chi connectivity index (χ3n) is 3.98. The van der Waals surface area contributed by atoms with Crippen LogP contribution in [0.4, 0.5) is 0 Å². The summed E-state index contributed by atoms with van der Waals surface area (Å²) < 4.78 is 5.24. The van der Waals surface area contributed by atoms with Crippen molar-refractivity contribution in [2.24, 2.45) is 5.41 Å². The molecule has 0 unspecified atom stereocenters. The van der Waals surface area contributed by atoms with Crippen molar-refractivity contribution in [1.29, 1.82) is 0 Å². The van der Waals surface area contributed by atoms with Gasteiger partial charge >= 0.3 is 5.97 Å². The molecule has 126 valence electrons. The summed E-state index contributed by atoms with van der Waals surface area (Å²) in [6.45, 7) is 2.90. The van der Waals surface area contributed by atoms with Crippen LogP contribution in [0.5, 0.6) is 0 Å². The van der Waals surface area contributed by atoms with Gasteiger partial charge < -0.3 is 15.2 Å². The largest absolute Gasteiger partial charge is 0.481 e. The summed E-state index contributed by atoms with van der Waals surface area (Å²) in [6.07, 6.45) is 0.805. The van der Waals surface area contributed by atoms with Crippen LogP contribution < -0.4 is 5.32 Å². The van der Waals surface area contributed by atoms with Crippen LogP contribution in [0.2, 0.25) is 5.02 Å². The highest BCUT2D eigenvalue weighted by molar-refractivity contribution is 7.99. The predicted octanol–water partition coefficient (Wildman–Crippen LogP) is 3.06. The van der Waals surface area contributed by atoms with E-state index in [9.17, 15) is 14.7 Å². The molecular weight excluding hydrogens is 338 g/mol. The lowest BCUT2D eigenvalue weighted by Gasteiger charge is -2.33. The topological polar surface area (TPSA) is 75.6 Å². The Balaban J connectivity index is 2.11. The van der Waals surface area contributed by atoms with Crippen molar-refractivity contribution in [3.63, 3.8) is 0 Å². The lowest BCUT2D eigenvalue weighted by atomic mass is 9.80. The fourth-order valence-corrected chi connectivity index (χ4v) is 3.61. The van der Waals surface area contributed by atoms with Gasteiger partial charge in [0.1, 0.15) is 0 Å². The third kappa shape index (κ3) is 4.40. The molecule has 1 aromatic rings. The molecule has 1 fully saturated rings. The Labute approximate surface area is 144 Å². The first-order valence-corrected chi connectivity index (χ1v) is 8.86. The molecule has 0 saturated carbocycles. The van der Waals surface area contributed by atoms with Crippen molar-refractivity contribution in [1.82, 2.24) is 5.32 Å². The summed E-state index contributed by atoms with van der Waals surface area (Å²) in [5.41, 5.74) is -0.424. The van der Waals surface area contributed by atoms with Gasteiger partial charge in [0.25, 0.3) is 5.91 Å². The first kappa shape index (κ1) is 18.1. The zero-order valence-electron chi connectivity index (χ0n) is 12.9. The Morgan fingerprint density at radius 3 is 2.70 bits per heavy atom. The number of rotatable bonds is 6. The van der Waals surface area contributed by atoms with E-state index in [1.54, 1.807) is 18.2 Å². The second-order valence-electron chi connectivity index (χ2n) is 5.45. The maximum atomic E-state index is 12.5. The lowest BCUT2D eigenvalue weighted by Crippen LogP contribution is -2.46. The van der Waals surface area contributed by atoms with Crippen LogP contribution in [0.15, 0.2) is 23.1 Å². The van der Waals surface area contributed by atoms with Crippen LogP contribution in [-0.2, 0) is 9.53 Å². The molecule has 0 bridgehead atoms. The smallest absolute Gasteiger partial charge is 0.311 e. The quantitative estimate of drug-likeness (QED) is 0.765. The Bertz CT molecular complexity index is 587. The van der Waals surface area contributed by atoms with Gasteiger partial charge in [-0.25, -0.2) is 0 Å². The first-order chi connectivity index (χ1) is 11.0. The number of carboxylic acid groups (broad SMARTS) is 1. The minimum Gasteiger partial charge on any atom is -0.481 e. The van der Waals surface area contributed by atoms with Crippen molar-refractivity contribution in [2.45, 2.75) is 24.7 Å². The number of carbonyl (C=O) groups excluding carboxylic acids is 1. The van der Waals surface area contributed by atoms with Gasteiger partial charge in [-0.15, -0.1) is 11.8 Å². The van der Waals surface area contributed by atoms with E-state index >= 15 is 0 Å². The van der Waals surface area contributed by atoms with E-state index in [4.69, 9.17) is 16.3 Å². The highest BCUT2D eigenvalue weighted by Crippen LogP contribution is 2.31. The van der Waals surface area contributed by atoms with Crippen LogP contribution in [0.25, 0.3) is 0 Å². The number of thioether (sulfide) groups is 1. The molecule has 7 heteroatoms. The van der Waals surface area contributed by atoms with Crippen molar-refractivity contribution < 1.29 is 19.4 Å². The molecule has 2 rings (SSSR count). The van der Waals surface area contributed by atoms with Gasteiger partial charge in [-0.3, -0.25) is 9.59 Å². The third-order valence-corrected chi connectivity index (χ3v) is 5.15. The second kappa shape index (κ2) is 8.04. The molecule has 0 aromatic heterocycles. The molecule has 1 aliphatic rings. The van der Waals surface area contributed by atoms with E-state index in [1.165, 1.54) is 11.8 Å². The normalized spacial score (nSPS) is 16.8. The Hall–Kier alpha value is -1.24. The Morgan fingerprint density at radius 1 is 1.39 bits per heavy atom. The number of halogens is 1. The molecule has 2 N–H and O–H groups in total. The van der Waals surface area contributed by atoms with Gasteiger partial charge in [0.15, 0.2) is 0 Å². The van der Waals surface area contributed by atoms with E-state index in [-0.39, 0.29) is 12.5 Å². The average Bonchev–Trinajstić information content (AvgIpc) is 2.54. The molecule has 0 aliphatic carbocycles. The zero-order valence-corrected chi connectivity index (χ0v) is 14.5. The monoisotopic (exact) mass is 357 g/mol. The number of carbonyl (C=O) groups is 2. The summed E-state index contributed by atoms with van der Waals surface area (Å²) in [6, 6.07) is 5.09. The molecule has 1 saturated heterocycles. The van der Waals surface area contributed by atoms with E-state index in [2.05, 4.69) is 5.32 Å². The van der Waals surface area contributed by atoms with Crippen LogP contribution in [0, 0.1) is 5.41 Å². The summed E-state index contributed by atoms with van der Waals surface area (Å²) in [5, 5.41) is 12.9. The number of carboxylic acids is 1. The molecular formula is C16H20ClNO4S. The van der Waals surface area contributed by atoms with Gasteiger partial charge in [0.05, 0.1) is 11.0 Å². The SMILES string of the molecule is CCSc1cc(Cl)ccc1C(=O)NCC1(C(=O)O)CCOCC1. The van der Waals surface area contributed by atoms with Gasteiger partial charge in [-0.2, -0.15) is 0 Å². The number of hydrogen-bond acceptors (Lipinski definition) is 4. The summed E-state index contributed by atoms with van der Waals surface area (Å²) >= 11 is 7.51. The minimum atomic E-state index is -0.946. The molecule has 0 spiro atoms. The number of amides is 1. The lowest BCUT2D eigenvalue weighted by molar-refractivity contribution is -0.154. The van der Waals surface area contributed by atoms with Gasteiger partial charge in [-0.1, -0.05) is 18.5 Å². The molecule has 1 aliphatic heterocycles. The minimum absolute atomic E-state index is 0.101. The fourth-order valence-electron chi connectivity index (χ4n) is 2.53. The molecule has 1 amide bonds. The summed E-state index contributed by atoms with van der Waals surface area (Å²) in [4.78, 5) is 24.9. The Morgan fingerprint density at radius 2 is 2.09 bits per heavy atom.